The molecular weight excluding hydrogens is 380 g/mol. The smallest absolute Gasteiger partial charge is 0.337 e. The summed E-state index contributed by atoms with van der Waals surface area (Å²) < 4.78 is 6.28. The Morgan fingerprint density at radius 3 is 2.86 bits per heavy atom. The monoisotopic (exact) mass is 402 g/mol. The number of amides is 1. The molecule has 0 aliphatic carbocycles. The Balaban J connectivity index is 2.36. The molecule has 1 amide bonds. The van der Waals surface area contributed by atoms with Gasteiger partial charge in [-0.3, -0.25) is 14.2 Å². The van der Waals surface area contributed by atoms with Gasteiger partial charge in [-0.15, -0.1) is 0 Å². The number of nitrogens with zero attached hydrogens (tertiary/aromatic N) is 3. The summed E-state index contributed by atoms with van der Waals surface area (Å²) in [4.78, 5) is 41.1. The SMILES string of the molecule is CCCCn1c(SCC(=O)NCCC#N)nc2cc(C(=O)OC)ccc2c1=O. The van der Waals surface area contributed by atoms with Crippen LogP contribution in [0.3, 0.4) is 0 Å². The quantitative estimate of drug-likeness (QED) is 0.296. The molecule has 8 nitrogen and oxygen atoms in total. The van der Waals surface area contributed by atoms with Crippen molar-refractivity contribution < 1.29 is 14.3 Å². The summed E-state index contributed by atoms with van der Waals surface area (Å²) >= 11 is 1.15. The van der Waals surface area contributed by atoms with Gasteiger partial charge in [0.05, 0.1) is 41.8 Å². The van der Waals surface area contributed by atoms with E-state index in [0.29, 0.717) is 28.2 Å². The minimum absolute atomic E-state index is 0.0756. The lowest BCUT2D eigenvalue weighted by molar-refractivity contribution is -0.118. The van der Waals surface area contributed by atoms with Crippen molar-refractivity contribution in [1.29, 1.82) is 5.26 Å². The molecule has 2 aromatic rings. The van der Waals surface area contributed by atoms with Crippen molar-refractivity contribution in [3.05, 3.63) is 34.1 Å². The number of ether oxygens (including phenoxy) is 1. The molecule has 9 heteroatoms. The number of nitriles is 1. The maximum absolute atomic E-state index is 12.9. The zero-order valence-corrected chi connectivity index (χ0v) is 16.7. The first-order valence-corrected chi connectivity index (χ1v) is 9.89. The zero-order chi connectivity index (χ0) is 20.5. The minimum Gasteiger partial charge on any atom is -0.465 e. The Morgan fingerprint density at radius 1 is 1.39 bits per heavy atom. The number of methoxy groups -OCH3 is 1. The second-order valence-corrected chi connectivity index (χ2v) is 6.92. The molecule has 0 saturated heterocycles. The van der Waals surface area contributed by atoms with Crippen molar-refractivity contribution in [3.8, 4) is 6.07 Å². The Hall–Kier alpha value is -2.86. The van der Waals surface area contributed by atoms with Crippen LogP contribution in [0.25, 0.3) is 10.9 Å². The lowest BCUT2D eigenvalue weighted by Gasteiger charge is -2.13. The fourth-order valence-corrected chi connectivity index (χ4v) is 3.36. The maximum atomic E-state index is 12.9. The number of aromatic nitrogens is 2. The van der Waals surface area contributed by atoms with Crippen LogP contribution in [0.4, 0.5) is 0 Å². The third-order valence-corrected chi connectivity index (χ3v) is 4.94. The summed E-state index contributed by atoms with van der Waals surface area (Å²) in [6.45, 7) is 2.80. The molecule has 0 radical (unpaired) electrons. The lowest BCUT2D eigenvalue weighted by atomic mass is 10.1. The summed E-state index contributed by atoms with van der Waals surface area (Å²) in [7, 11) is 1.29. The van der Waals surface area contributed by atoms with Crippen LogP contribution in [0.1, 0.15) is 36.5 Å². The number of carbonyl (C=O) groups excluding carboxylic acids is 2. The molecule has 0 atom stereocenters. The number of esters is 1. The van der Waals surface area contributed by atoms with Crippen LogP contribution in [-0.4, -0.2) is 40.8 Å². The van der Waals surface area contributed by atoms with Crippen molar-refractivity contribution >= 4 is 34.5 Å². The summed E-state index contributed by atoms with van der Waals surface area (Å²) in [5, 5.41) is 12.0. The topological polar surface area (TPSA) is 114 Å². The Morgan fingerprint density at radius 2 is 2.18 bits per heavy atom. The third-order valence-electron chi connectivity index (χ3n) is 3.97. The highest BCUT2D eigenvalue weighted by Crippen LogP contribution is 2.19. The van der Waals surface area contributed by atoms with E-state index in [2.05, 4.69) is 10.3 Å². The number of hydrogen-bond donors (Lipinski definition) is 1. The van der Waals surface area contributed by atoms with E-state index in [4.69, 9.17) is 10.00 Å². The van der Waals surface area contributed by atoms with E-state index in [1.165, 1.54) is 19.2 Å². The summed E-state index contributed by atoms with van der Waals surface area (Å²) in [5.41, 5.74) is 0.480. The van der Waals surface area contributed by atoms with Gasteiger partial charge in [0.2, 0.25) is 5.91 Å². The molecule has 1 N–H and O–H groups in total. The minimum atomic E-state index is -0.509. The second-order valence-electron chi connectivity index (χ2n) is 5.97. The maximum Gasteiger partial charge on any atom is 0.337 e. The predicted octanol–water partition coefficient (Wildman–Crippen LogP) is 2.11. The number of benzene rings is 1. The highest BCUT2D eigenvalue weighted by atomic mass is 32.2. The highest BCUT2D eigenvalue weighted by Gasteiger charge is 2.15. The Bertz CT molecular complexity index is 965. The van der Waals surface area contributed by atoms with E-state index >= 15 is 0 Å². The number of fused-ring (bicyclic) bond motifs is 1. The van der Waals surface area contributed by atoms with Gasteiger partial charge < -0.3 is 10.1 Å². The van der Waals surface area contributed by atoms with E-state index in [0.717, 1.165) is 24.6 Å². The average Bonchev–Trinajstić information content (AvgIpc) is 2.71. The Labute approximate surface area is 166 Å². The number of thioether (sulfide) groups is 1. The summed E-state index contributed by atoms with van der Waals surface area (Å²) in [5.74, 6) is -0.670. The van der Waals surface area contributed by atoms with Crippen molar-refractivity contribution in [3.63, 3.8) is 0 Å². The van der Waals surface area contributed by atoms with Gasteiger partial charge in [-0.05, 0) is 24.6 Å². The van der Waals surface area contributed by atoms with Crippen LogP contribution < -0.4 is 10.9 Å². The van der Waals surface area contributed by atoms with Gasteiger partial charge in [0.25, 0.3) is 5.56 Å². The van der Waals surface area contributed by atoms with Gasteiger partial charge in [-0.25, -0.2) is 9.78 Å². The van der Waals surface area contributed by atoms with Gasteiger partial charge in [-0.2, -0.15) is 5.26 Å². The molecule has 1 heterocycles. The molecule has 0 unspecified atom stereocenters. The molecule has 2 rings (SSSR count). The molecule has 1 aromatic carbocycles. The van der Waals surface area contributed by atoms with E-state index in [1.54, 1.807) is 10.6 Å². The number of nitrogens with one attached hydrogen (secondary N) is 1. The molecule has 0 spiro atoms. The average molecular weight is 402 g/mol. The molecule has 0 aliphatic heterocycles. The van der Waals surface area contributed by atoms with E-state index in [1.807, 2.05) is 13.0 Å². The van der Waals surface area contributed by atoms with E-state index < -0.39 is 5.97 Å². The van der Waals surface area contributed by atoms with E-state index in [-0.39, 0.29) is 30.2 Å². The second kappa shape index (κ2) is 10.5. The normalized spacial score (nSPS) is 10.5. The van der Waals surface area contributed by atoms with Crippen LogP contribution in [0.15, 0.2) is 28.2 Å². The number of rotatable bonds is 9. The van der Waals surface area contributed by atoms with Gasteiger partial charge in [0.1, 0.15) is 0 Å². The first-order chi connectivity index (χ1) is 13.5. The van der Waals surface area contributed by atoms with Crippen LogP contribution >= 0.6 is 11.8 Å². The molecule has 0 bridgehead atoms. The molecule has 0 fully saturated rings. The standard InChI is InChI=1S/C19H22N4O4S/c1-3-4-10-23-17(25)14-7-6-13(18(26)27-2)11-15(14)22-19(23)28-12-16(24)21-9-5-8-20/h6-7,11H,3-5,9-10,12H2,1-2H3,(H,21,24). The van der Waals surface area contributed by atoms with Crippen molar-refractivity contribution in [1.82, 2.24) is 14.9 Å². The third kappa shape index (κ3) is 5.33. The van der Waals surface area contributed by atoms with Gasteiger partial charge in [0.15, 0.2) is 5.16 Å². The van der Waals surface area contributed by atoms with E-state index in [9.17, 15) is 14.4 Å². The molecular formula is C19H22N4O4S. The van der Waals surface area contributed by atoms with Gasteiger partial charge >= 0.3 is 5.97 Å². The molecule has 1 aromatic heterocycles. The van der Waals surface area contributed by atoms with Crippen molar-refractivity contribution in [2.24, 2.45) is 0 Å². The largest absolute Gasteiger partial charge is 0.465 e. The van der Waals surface area contributed by atoms with Crippen LogP contribution in [0.2, 0.25) is 0 Å². The number of hydrogen-bond acceptors (Lipinski definition) is 7. The summed E-state index contributed by atoms with van der Waals surface area (Å²) in [6, 6.07) is 6.59. The zero-order valence-electron chi connectivity index (χ0n) is 15.9. The number of carbonyl (C=O) groups is 2. The molecule has 0 saturated carbocycles. The number of unbranched alkanes of at least 4 members (excludes halogenated alkanes) is 1. The van der Waals surface area contributed by atoms with Gasteiger partial charge in [0, 0.05) is 13.1 Å². The van der Waals surface area contributed by atoms with Crippen molar-refractivity contribution in [2.45, 2.75) is 37.9 Å². The first-order valence-electron chi connectivity index (χ1n) is 8.91. The highest BCUT2D eigenvalue weighted by molar-refractivity contribution is 7.99. The van der Waals surface area contributed by atoms with Crippen LogP contribution in [-0.2, 0) is 16.1 Å². The van der Waals surface area contributed by atoms with Crippen LogP contribution in [0.5, 0.6) is 0 Å². The Kier molecular flexibility index (Phi) is 8.02. The van der Waals surface area contributed by atoms with Crippen molar-refractivity contribution in [2.75, 3.05) is 19.4 Å². The fourth-order valence-electron chi connectivity index (χ4n) is 2.51. The van der Waals surface area contributed by atoms with Gasteiger partial charge in [-0.1, -0.05) is 25.1 Å². The molecule has 28 heavy (non-hydrogen) atoms. The lowest BCUT2D eigenvalue weighted by Crippen LogP contribution is -2.27. The summed E-state index contributed by atoms with van der Waals surface area (Å²) in [6.07, 6.45) is 1.95. The predicted molar refractivity (Wildman–Crippen MR) is 106 cm³/mol. The van der Waals surface area contributed by atoms with Crippen LogP contribution in [0, 0.1) is 11.3 Å². The molecule has 148 valence electrons. The first kappa shape index (κ1) is 21.4. The molecule has 0 aliphatic rings. The fraction of sp³-hybridized carbons (Fsp3) is 0.421.